The number of nitrogens with two attached hydrogens (primary N) is 1. The number of nitrogens with zero attached hydrogens (tertiary/aromatic N) is 1. The molecule has 0 aliphatic rings. The van der Waals surface area contributed by atoms with Crippen LogP contribution in [0.15, 0.2) is 54.7 Å². The highest BCUT2D eigenvalue weighted by Gasteiger charge is 2.12. The number of nitrogens with one attached hydrogen (secondary N) is 1. The summed E-state index contributed by atoms with van der Waals surface area (Å²) < 4.78 is 25.0. The molecule has 0 amide bonds. The quantitative estimate of drug-likeness (QED) is 0.602. The van der Waals surface area contributed by atoms with E-state index in [2.05, 4.69) is 10.3 Å². The first-order valence-corrected chi connectivity index (χ1v) is 8.67. The molecular formula is C21H22FN3O2. The van der Waals surface area contributed by atoms with E-state index in [1.165, 1.54) is 6.07 Å². The Kier molecular flexibility index (Phi) is 5.76. The van der Waals surface area contributed by atoms with Crippen molar-refractivity contribution in [2.45, 2.75) is 13.5 Å². The van der Waals surface area contributed by atoms with E-state index in [9.17, 15) is 4.39 Å². The van der Waals surface area contributed by atoms with Crippen LogP contribution in [0.5, 0.6) is 11.5 Å². The number of nitrogen functional groups attached to an aromatic ring is 1. The van der Waals surface area contributed by atoms with Crippen LogP contribution >= 0.6 is 0 Å². The predicted octanol–water partition coefficient (Wildman–Crippen LogP) is 4.49. The van der Waals surface area contributed by atoms with Crippen molar-refractivity contribution in [2.75, 3.05) is 24.8 Å². The van der Waals surface area contributed by atoms with Gasteiger partial charge in [0.1, 0.15) is 11.5 Å². The van der Waals surface area contributed by atoms with Crippen LogP contribution < -0.4 is 20.5 Å². The van der Waals surface area contributed by atoms with E-state index < -0.39 is 5.82 Å². The second-order valence-corrected chi connectivity index (χ2v) is 5.87. The summed E-state index contributed by atoms with van der Waals surface area (Å²) in [6, 6.07) is 14.1. The molecule has 0 radical (unpaired) electrons. The monoisotopic (exact) mass is 367 g/mol. The van der Waals surface area contributed by atoms with Gasteiger partial charge >= 0.3 is 0 Å². The van der Waals surface area contributed by atoms with Crippen LogP contribution in [0.4, 0.5) is 15.8 Å². The normalized spacial score (nSPS) is 10.5. The second kappa shape index (κ2) is 8.40. The third-order valence-corrected chi connectivity index (χ3v) is 4.13. The van der Waals surface area contributed by atoms with Gasteiger partial charge in [0.2, 0.25) is 0 Å². The number of rotatable bonds is 7. The van der Waals surface area contributed by atoms with Crippen LogP contribution in [0.1, 0.15) is 12.5 Å². The number of aromatic nitrogens is 1. The Morgan fingerprint density at radius 3 is 2.70 bits per heavy atom. The van der Waals surface area contributed by atoms with Gasteiger partial charge in [0.15, 0.2) is 11.5 Å². The number of hydrogen-bond acceptors (Lipinski definition) is 5. The van der Waals surface area contributed by atoms with Gasteiger partial charge in [-0.1, -0.05) is 18.2 Å². The first-order valence-electron chi connectivity index (χ1n) is 8.67. The maximum absolute atomic E-state index is 14.1. The molecule has 0 unspecified atom stereocenters. The maximum Gasteiger partial charge on any atom is 0.161 e. The Labute approximate surface area is 158 Å². The summed E-state index contributed by atoms with van der Waals surface area (Å²) >= 11 is 0. The lowest BCUT2D eigenvalue weighted by Gasteiger charge is -2.15. The van der Waals surface area contributed by atoms with Crippen molar-refractivity contribution in [1.29, 1.82) is 0 Å². The molecule has 1 heterocycles. The molecule has 6 heteroatoms. The van der Waals surface area contributed by atoms with Crippen molar-refractivity contribution in [3.63, 3.8) is 0 Å². The number of ether oxygens (including phenoxy) is 2. The molecule has 0 aliphatic heterocycles. The molecule has 2 aromatic carbocycles. The van der Waals surface area contributed by atoms with Gasteiger partial charge in [-0.3, -0.25) is 4.98 Å². The van der Waals surface area contributed by atoms with Gasteiger partial charge in [-0.05, 0) is 42.8 Å². The van der Waals surface area contributed by atoms with Gasteiger partial charge < -0.3 is 20.5 Å². The van der Waals surface area contributed by atoms with Crippen LogP contribution in [0.3, 0.4) is 0 Å². The molecule has 3 N–H and O–H groups in total. The molecule has 0 bridgehead atoms. The van der Waals surface area contributed by atoms with Gasteiger partial charge in [0.25, 0.3) is 0 Å². The standard InChI is InChI=1S/C21H22FN3O2/c1-3-27-19-12-14(9-10-18(19)26-2)13-25-17-8-4-6-15(20(17)23)21-16(22)7-5-11-24-21/h4-12,25H,3,13,23H2,1-2H3. The fourth-order valence-corrected chi connectivity index (χ4v) is 2.81. The van der Waals surface area contributed by atoms with E-state index in [1.54, 1.807) is 25.4 Å². The molecule has 0 aliphatic carbocycles. The summed E-state index contributed by atoms with van der Waals surface area (Å²) in [5.41, 5.74) is 9.23. The highest BCUT2D eigenvalue weighted by molar-refractivity contribution is 5.84. The van der Waals surface area contributed by atoms with Gasteiger partial charge in [-0.25, -0.2) is 4.39 Å². The van der Waals surface area contributed by atoms with E-state index in [4.69, 9.17) is 15.2 Å². The first-order chi connectivity index (χ1) is 13.1. The minimum absolute atomic E-state index is 0.238. The van der Waals surface area contributed by atoms with Crippen LogP contribution in [0.25, 0.3) is 11.3 Å². The van der Waals surface area contributed by atoms with Crippen molar-refractivity contribution in [2.24, 2.45) is 0 Å². The average Bonchev–Trinajstić information content (AvgIpc) is 2.68. The largest absolute Gasteiger partial charge is 0.493 e. The molecule has 140 valence electrons. The Morgan fingerprint density at radius 1 is 1.11 bits per heavy atom. The lowest BCUT2D eigenvalue weighted by molar-refractivity contribution is 0.310. The van der Waals surface area contributed by atoms with Crippen LogP contribution in [-0.2, 0) is 6.54 Å². The van der Waals surface area contributed by atoms with Gasteiger partial charge in [0, 0.05) is 18.3 Å². The lowest BCUT2D eigenvalue weighted by atomic mass is 10.1. The summed E-state index contributed by atoms with van der Waals surface area (Å²) in [4.78, 5) is 4.11. The smallest absolute Gasteiger partial charge is 0.161 e. The maximum atomic E-state index is 14.1. The highest BCUT2D eigenvalue weighted by atomic mass is 19.1. The van der Waals surface area contributed by atoms with Crippen LogP contribution in [0.2, 0.25) is 0 Å². The molecule has 27 heavy (non-hydrogen) atoms. The highest BCUT2D eigenvalue weighted by Crippen LogP contribution is 2.33. The molecule has 1 aromatic heterocycles. The SMILES string of the molecule is CCOc1cc(CNc2cccc(-c3ncccc3F)c2N)ccc1OC. The minimum atomic E-state index is -0.405. The summed E-state index contributed by atoms with van der Waals surface area (Å²) in [6.45, 7) is 3.01. The van der Waals surface area contributed by atoms with Crippen molar-refractivity contribution < 1.29 is 13.9 Å². The first kappa shape index (κ1) is 18.5. The molecule has 5 nitrogen and oxygen atoms in total. The van der Waals surface area contributed by atoms with E-state index in [0.717, 1.165) is 5.56 Å². The lowest BCUT2D eigenvalue weighted by Crippen LogP contribution is -2.05. The zero-order valence-corrected chi connectivity index (χ0v) is 15.3. The Bertz CT molecular complexity index is 931. The van der Waals surface area contributed by atoms with E-state index in [0.29, 0.717) is 41.6 Å². The van der Waals surface area contributed by atoms with E-state index in [-0.39, 0.29) is 5.69 Å². The fourth-order valence-electron chi connectivity index (χ4n) is 2.81. The van der Waals surface area contributed by atoms with Crippen molar-refractivity contribution in [3.05, 3.63) is 66.1 Å². The molecule has 0 spiro atoms. The Balaban J connectivity index is 1.82. The molecule has 0 atom stereocenters. The van der Waals surface area contributed by atoms with Gasteiger partial charge in [-0.15, -0.1) is 0 Å². The summed E-state index contributed by atoms with van der Waals surface area (Å²) in [5, 5.41) is 3.29. The summed E-state index contributed by atoms with van der Waals surface area (Å²) in [7, 11) is 1.61. The zero-order chi connectivity index (χ0) is 19.2. The van der Waals surface area contributed by atoms with E-state index >= 15 is 0 Å². The molecule has 3 aromatic rings. The van der Waals surface area contributed by atoms with Gasteiger partial charge in [0.05, 0.1) is 25.1 Å². The summed E-state index contributed by atoms with van der Waals surface area (Å²) in [6.07, 6.45) is 1.55. The van der Waals surface area contributed by atoms with Crippen LogP contribution in [-0.4, -0.2) is 18.7 Å². The van der Waals surface area contributed by atoms with Crippen LogP contribution in [0, 0.1) is 5.82 Å². The number of benzene rings is 2. The number of methoxy groups -OCH3 is 1. The molecule has 3 rings (SSSR count). The number of anilines is 2. The molecule has 0 saturated carbocycles. The third-order valence-electron chi connectivity index (χ3n) is 4.13. The number of halogens is 1. The molecule has 0 fully saturated rings. The van der Waals surface area contributed by atoms with Crippen molar-refractivity contribution in [3.8, 4) is 22.8 Å². The Hall–Kier alpha value is -3.28. The zero-order valence-electron chi connectivity index (χ0n) is 15.3. The van der Waals surface area contributed by atoms with E-state index in [1.807, 2.05) is 37.3 Å². The topological polar surface area (TPSA) is 69.4 Å². The average molecular weight is 367 g/mol. The third kappa shape index (κ3) is 4.11. The fraction of sp³-hybridized carbons (Fsp3) is 0.190. The Morgan fingerprint density at radius 2 is 1.96 bits per heavy atom. The molecular weight excluding hydrogens is 345 g/mol. The number of para-hydroxylation sites is 1. The number of hydrogen-bond donors (Lipinski definition) is 2. The molecule has 0 saturated heterocycles. The second-order valence-electron chi connectivity index (χ2n) is 5.87. The van der Waals surface area contributed by atoms with Crippen molar-refractivity contribution >= 4 is 11.4 Å². The minimum Gasteiger partial charge on any atom is -0.493 e. The predicted molar refractivity (Wildman–Crippen MR) is 106 cm³/mol. The number of pyridine rings is 1. The van der Waals surface area contributed by atoms with Crippen molar-refractivity contribution in [1.82, 2.24) is 4.98 Å². The van der Waals surface area contributed by atoms with Gasteiger partial charge in [-0.2, -0.15) is 0 Å². The summed E-state index contributed by atoms with van der Waals surface area (Å²) in [5.74, 6) is 0.974.